The van der Waals surface area contributed by atoms with Crippen LogP contribution in [0.5, 0.6) is 0 Å². The number of rotatable bonds is 7. The van der Waals surface area contributed by atoms with Crippen LogP contribution in [0.25, 0.3) is 0 Å². The molecule has 1 heterocycles. The van der Waals surface area contributed by atoms with Gasteiger partial charge in [0.05, 0.1) is 0 Å². The number of hydrogen-bond donors (Lipinski definition) is 2. The first-order valence-electron chi connectivity index (χ1n) is 12.4. The first-order chi connectivity index (χ1) is 15.8. The molecule has 3 rings (SSSR count). The zero-order valence-electron chi connectivity index (χ0n) is 21.6. The Morgan fingerprint density at radius 2 is 1.79 bits per heavy atom. The Morgan fingerprint density at radius 3 is 2.39 bits per heavy atom. The largest absolute Gasteiger partial charge is 0.369 e. The third-order valence-electron chi connectivity index (χ3n) is 7.32. The molecule has 0 spiro atoms. The maximum atomic E-state index is 13.2. The fourth-order valence-corrected chi connectivity index (χ4v) is 5.39. The van der Waals surface area contributed by atoms with Crippen LogP contribution in [0, 0.1) is 6.92 Å². The van der Waals surface area contributed by atoms with Crippen molar-refractivity contribution in [3.63, 3.8) is 0 Å². The topological polar surface area (TPSA) is 47.6 Å². The van der Waals surface area contributed by atoms with Crippen LogP contribution in [0.15, 0.2) is 52.9 Å². The second-order valence-electron chi connectivity index (χ2n) is 9.66. The molecule has 0 aromatic heterocycles. The summed E-state index contributed by atoms with van der Waals surface area (Å²) in [5.41, 5.74) is 7.56. The minimum Gasteiger partial charge on any atom is -0.369 e. The molecule has 0 unspecified atom stereocenters. The number of carbonyl (C=O) groups is 1. The van der Waals surface area contributed by atoms with E-state index < -0.39 is 0 Å². The molecule has 1 aliphatic heterocycles. The van der Waals surface area contributed by atoms with E-state index in [0.717, 1.165) is 34.6 Å². The third-order valence-corrected chi connectivity index (χ3v) is 7.32. The minimum atomic E-state index is -0.0104. The quantitative estimate of drug-likeness (QED) is 0.603. The van der Waals surface area contributed by atoms with E-state index in [9.17, 15) is 4.79 Å². The maximum Gasteiger partial charge on any atom is 0.251 e. The molecule has 180 valence electrons. The van der Waals surface area contributed by atoms with E-state index in [4.69, 9.17) is 0 Å². The Labute approximate surface area is 200 Å². The van der Waals surface area contributed by atoms with E-state index in [0.29, 0.717) is 18.6 Å². The van der Waals surface area contributed by atoms with Crippen molar-refractivity contribution in [3.8, 4) is 0 Å². The number of amides is 1. The summed E-state index contributed by atoms with van der Waals surface area (Å²) in [6, 6.07) is 7.38. The summed E-state index contributed by atoms with van der Waals surface area (Å²) in [6.07, 6.45) is 9.06. The predicted molar refractivity (Wildman–Crippen MR) is 140 cm³/mol. The molecule has 5 heteroatoms. The standard InChI is InChI=1S/C28H42N4O/c1-8-26-25(19(3)17-20(4)30-26)18-29-28(33)24-11-10-12-27(21(24)5)32(9-2)23-15-13-22(14-16-23)31(6)7/h8,10-12,17,22-23,30H,9,13-16,18H2,1-7H3,(H,29,33)/b26-8+. The molecule has 1 fully saturated rings. The average molecular weight is 451 g/mol. The lowest BCUT2D eigenvalue weighted by atomic mass is 9.89. The minimum absolute atomic E-state index is 0.0104. The van der Waals surface area contributed by atoms with Crippen molar-refractivity contribution in [3.05, 3.63) is 64.0 Å². The molecule has 0 atom stereocenters. The Balaban J connectivity index is 1.75. The predicted octanol–water partition coefficient (Wildman–Crippen LogP) is 5.15. The van der Waals surface area contributed by atoms with Gasteiger partial charge in [-0.05, 0) is 109 Å². The van der Waals surface area contributed by atoms with Crippen LogP contribution in [0.1, 0.15) is 69.3 Å². The molecule has 1 aromatic carbocycles. The molecule has 2 N–H and O–H groups in total. The van der Waals surface area contributed by atoms with Gasteiger partial charge in [0, 0.05) is 47.8 Å². The summed E-state index contributed by atoms with van der Waals surface area (Å²) in [6.45, 7) is 12.0. The summed E-state index contributed by atoms with van der Waals surface area (Å²) >= 11 is 0. The number of nitrogens with zero attached hydrogens (tertiary/aromatic N) is 2. The first-order valence-corrected chi connectivity index (χ1v) is 12.4. The number of nitrogens with one attached hydrogen (secondary N) is 2. The lowest BCUT2D eigenvalue weighted by Crippen LogP contribution is -2.42. The van der Waals surface area contributed by atoms with Crippen molar-refractivity contribution in [1.82, 2.24) is 15.5 Å². The molecule has 33 heavy (non-hydrogen) atoms. The van der Waals surface area contributed by atoms with Crippen molar-refractivity contribution in [2.45, 2.75) is 72.4 Å². The van der Waals surface area contributed by atoms with Crippen molar-refractivity contribution < 1.29 is 4.79 Å². The summed E-state index contributed by atoms with van der Waals surface area (Å²) in [5.74, 6) is -0.0104. The molecule has 1 amide bonds. The zero-order chi connectivity index (χ0) is 24.1. The van der Waals surface area contributed by atoms with Gasteiger partial charge in [0.2, 0.25) is 0 Å². The molecule has 2 aliphatic rings. The van der Waals surface area contributed by atoms with Gasteiger partial charge in [-0.1, -0.05) is 12.1 Å². The van der Waals surface area contributed by atoms with Crippen LogP contribution in [-0.4, -0.2) is 50.1 Å². The number of allylic oxidation sites excluding steroid dienone is 4. The summed E-state index contributed by atoms with van der Waals surface area (Å²) in [7, 11) is 4.37. The van der Waals surface area contributed by atoms with Crippen LogP contribution in [0.4, 0.5) is 5.69 Å². The second kappa shape index (κ2) is 11.1. The summed E-state index contributed by atoms with van der Waals surface area (Å²) in [4.78, 5) is 18.1. The highest BCUT2D eigenvalue weighted by atomic mass is 16.1. The maximum absolute atomic E-state index is 13.2. The van der Waals surface area contributed by atoms with Crippen LogP contribution in [0.2, 0.25) is 0 Å². The highest BCUT2D eigenvalue weighted by molar-refractivity contribution is 5.97. The van der Waals surface area contributed by atoms with Gasteiger partial charge < -0.3 is 20.4 Å². The van der Waals surface area contributed by atoms with Gasteiger partial charge in [0.25, 0.3) is 5.91 Å². The fraction of sp³-hybridized carbons (Fsp3) is 0.536. The zero-order valence-corrected chi connectivity index (χ0v) is 21.6. The molecule has 5 nitrogen and oxygen atoms in total. The van der Waals surface area contributed by atoms with Gasteiger partial charge in [-0.2, -0.15) is 0 Å². The van der Waals surface area contributed by atoms with Crippen molar-refractivity contribution in [1.29, 1.82) is 0 Å². The molecule has 0 radical (unpaired) electrons. The Morgan fingerprint density at radius 1 is 1.12 bits per heavy atom. The number of carbonyl (C=O) groups excluding carboxylic acids is 1. The van der Waals surface area contributed by atoms with E-state index in [2.05, 4.69) is 80.4 Å². The molecular weight excluding hydrogens is 408 g/mol. The van der Waals surface area contributed by atoms with Gasteiger partial charge >= 0.3 is 0 Å². The van der Waals surface area contributed by atoms with Crippen LogP contribution in [0.3, 0.4) is 0 Å². The molecule has 1 saturated carbocycles. The number of dihydropyridines is 1. The summed E-state index contributed by atoms with van der Waals surface area (Å²) in [5, 5.41) is 6.57. The smallest absolute Gasteiger partial charge is 0.251 e. The van der Waals surface area contributed by atoms with Crippen molar-refractivity contribution >= 4 is 11.6 Å². The molecule has 0 bridgehead atoms. The Hall–Kier alpha value is -2.53. The molecule has 1 aliphatic carbocycles. The first kappa shape index (κ1) is 25.1. The Kier molecular flexibility index (Phi) is 8.41. The second-order valence-corrected chi connectivity index (χ2v) is 9.66. The van der Waals surface area contributed by atoms with Gasteiger partial charge in [-0.3, -0.25) is 4.79 Å². The van der Waals surface area contributed by atoms with E-state index >= 15 is 0 Å². The van der Waals surface area contributed by atoms with Crippen LogP contribution in [-0.2, 0) is 0 Å². The van der Waals surface area contributed by atoms with Gasteiger partial charge in [0.15, 0.2) is 0 Å². The summed E-state index contributed by atoms with van der Waals surface area (Å²) < 4.78 is 0. The van der Waals surface area contributed by atoms with Crippen molar-refractivity contribution in [2.75, 3.05) is 32.1 Å². The van der Waals surface area contributed by atoms with E-state index in [1.807, 2.05) is 19.1 Å². The van der Waals surface area contributed by atoms with E-state index in [1.165, 1.54) is 36.9 Å². The molecular formula is C28H42N4O. The van der Waals surface area contributed by atoms with Gasteiger partial charge in [0.1, 0.15) is 0 Å². The number of anilines is 1. The molecule has 1 aromatic rings. The lowest BCUT2D eigenvalue weighted by molar-refractivity contribution is 0.0956. The monoisotopic (exact) mass is 450 g/mol. The fourth-order valence-electron chi connectivity index (χ4n) is 5.39. The van der Waals surface area contributed by atoms with Crippen LogP contribution < -0.4 is 15.5 Å². The van der Waals surface area contributed by atoms with Gasteiger partial charge in [-0.25, -0.2) is 0 Å². The highest BCUT2D eigenvalue weighted by Gasteiger charge is 2.27. The number of benzene rings is 1. The highest BCUT2D eigenvalue weighted by Crippen LogP contribution is 2.32. The van der Waals surface area contributed by atoms with E-state index in [-0.39, 0.29) is 5.91 Å². The van der Waals surface area contributed by atoms with Gasteiger partial charge in [-0.15, -0.1) is 0 Å². The van der Waals surface area contributed by atoms with Crippen LogP contribution >= 0.6 is 0 Å². The average Bonchev–Trinajstić information content (AvgIpc) is 2.79. The Bertz CT molecular complexity index is 949. The van der Waals surface area contributed by atoms with E-state index in [1.54, 1.807) is 0 Å². The number of hydrogen-bond acceptors (Lipinski definition) is 4. The van der Waals surface area contributed by atoms with Crippen molar-refractivity contribution in [2.24, 2.45) is 0 Å². The third kappa shape index (κ3) is 5.70. The normalized spacial score (nSPS) is 22.3. The molecule has 0 saturated heterocycles. The lowest BCUT2D eigenvalue weighted by Gasteiger charge is -2.40. The SMILES string of the molecule is C/C=C1/NC(C)=CC(C)=C1CNC(=O)c1cccc(N(CC)C2CCC(N(C)C)CC2)c1C.